The lowest BCUT2D eigenvalue weighted by Gasteiger charge is -2.15. The van der Waals surface area contributed by atoms with Crippen LogP contribution in [0.4, 0.5) is 0 Å². The van der Waals surface area contributed by atoms with E-state index in [1.165, 1.54) is 12.4 Å². The number of fused-ring (bicyclic) bond motifs is 1. The Labute approximate surface area is 165 Å². The summed E-state index contributed by atoms with van der Waals surface area (Å²) in [5.41, 5.74) is -0.510. The molecule has 1 aromatic carbocycles. The van der Waals surface area contributed by atoms with Gasteiger partial charge in [0.15, 0.2) is 11.2 Å². The number of rotatable bonds is 6. The monoisotopic (exact) mass is 401 g/mol. The van der Waals surface area contributed by atoms with Gasteiger partial charge in [0.05, 0.1) is 6.54 Å². The van der Waals surface area contributed by atoms with Crippen LogP contribution < -0.4 is 16.6 Å². The van der Waals surface area contributed by atoms with E-state index in [-0.39, 0.29) is 36.2 Å². The topological polar surface area (TPSA) is 98.9 Å². The lowest BCUT2D eigenvalue weighted by atomic mass is 10.2. The van der Waals surface area contributed by atoms with Crippen LogP contribution in [-0.2, 0) is 17.9 Å². The molecule has 1 N–H and O–H groups in total. The Kier molecular flexibility index (Phi) is 5.89. The molecule has 0 bridgehead atoms. The van der Waals surface area contributed by atoms with Crippen LogP contribution in [0.5, 0.6) is 0 Å². The van der Waals surface area contributed by atoms with E-state index < -0.39 is 11.2 Å². The van der Waals surface area contributed by atoms with Gasteiger partial charge in [-0.2, -0.15) is 0 Å². The molecule has 3 aromatic rings. The molecule has 0 spiro atoms. The maximum absolute atomic E-state index is 13.0. The molecule has 0 radical (unpaired) electrons. The minimum Gasteiger partial charge on any atom is -0.352 e. The maximum Gasteiger partial charge on any atom is 0.333 e. The molecule has 3 rings (SSSR count). The summed E-state index contributed by atoms with van der Waals surface area (Å²) in [6.45, 7) is 3.52. The largest absolute Gasteiger partial charge is 0.352 e. The predicted molar refractivity (Wildman–Crippen MR) is 107 cm³/mol. The molecular formula is C19H20ClN5O3. The molecule has 2 aromatic heterocycles. The zero-order valence-electron chi connectivity index (χ0n) is 15.6. The highest BCUT2D eigenvalue weighted by Crippen LogP contribution is 2.15. The Morgan fingerprint density at radius 2 is 1.89 bits per heavy atom. The second-order valence-electron chi connectivity index (χ2n) is 6.46. The molecule has 1 amide bonds. The first-order valence-corrected chi connectivity index (χ1v) is 9.27. The van der Waals surface area contributed by atoms with Crippen molar-refractivity contribution in [2.75, 3.05) is 0 Å². The maximum atomic E-state index is 13.0. The SMILES string of the molecule is CC[C@@H](C)NC(=O)Cn1c(=O)n(Cc2ccccc2Cl)c(=O)c2nccnc21. The quantitative estimate of drug-likeness (QED) is 0.676. The number of aromatic nitrogens is 4. The summed E-state index contributed by atoms with van der Waals surface area (Å²) < 4.78 is 2.19. The van der Waals surface area contributed by atoms with Crippen LogP contribution in [0, 0.1) is 0 Å². The Morgan fingerprint density at radius 1 is 1.18 bits per heavy atom. The zero-order chi connectivity index (χ0) is 20.3. The van der Waals surface area contributed by atoms with Gasteiger partial charge >= 0.3 is 5.69 Å². The van der Waals surface area contributed by atoms with E-state index in [2.05, 4.69) is 15.3 Å². The molecule has 0 aliphatic rings. The number of benzene rings is 1. The van der Waals surface area contributed by atoms with Crippen molar-refractivity contribution in [2.45, 2.75) is 39.4 Å². The van der Waals surface area contributed by atoms with Gasteiger partial charge in [0, 0.05) is 23.5 Å². The van der Waals surface area contributed by atoms with Gasteiger partial charge in [0.25, 0.3) is 5.56 Å². The Balaban J connectivity index is 2.13. The number of carbonyl (C=O) groups is 1. The van der Waals surface area contributed by atoms with Gasteiger partial charge in [-0.1, -0.05) is 36.7 Å². The first kappa shape index (κ1) is 19.8. The summed E-state index contributed by atoms with van der Waals surface area (Å²) >= 11 is 6.18. The summed E-state index contributed by atoms with van der Waals surface area (Å²) in [6.07, 6.45) is 3.51. The predicted octanol–water partition coefficient (Wildman–Crippen LogP) is 1.57. The first-order valence-electron chi connectivity index (χ1n) is 8.89. The van der Waals surface area contributed by atoms with E-state index in [4.69, 9.17) is 11.6 Å². The third-order valence-electron chi connectivity index (χ3n) is 4.45. The average molecular weight is 402 g/mol. The van der Waals surface area contributed by atoms with Crippen molar-refractivity contribution in [3.05, 3.63) is 68.1 Å². The van der Waals surface area contributed by atoms with E-state index in [1.54, 1.807) is 24.3 Å². The van der Waals surface area contributed by atoms with Crippen LogP contribution >= 0.6 is 11.6 Å². The van der Waals surface area contributed by atoms with Gasteiger partial charge in [0.2, 0.25) is 5.91 Å². The van der Waals surface area contributed by atoms with E-state index in [1.807, 2.05) is 13.8 Å². The van der Waals surface area contributed by atoms with Crippen molar-refractivity contribution in [2.24, 2.45) is 0 Å². The van der Waals surface area contributed by atoms with Crippen LogP contribution in [0.3, 0.4) is 0 Å². The third kappa shape index (κ3) is 3.96. The number of nitrogens with zero attached hydrogens (tertiary/aromatic N) is 4. The molecule has 0 aliphatic carbocycles. The molecule has 9 heteroatoms. The standard InChI is InChI=1S/C19H20ClN5O3/c1-3-12(2)23-15(26)11-24-17-16(21-8-9-22-17)18(27)25(19(24)28)10-13-6-4-5-7-14(13)20/h4-9,12H,3,10-11H2,1-2H3,(H,23,26)/t12-/m1/s1. The average Bonchev–Trinajstić information content (AvgIpc) is 2.69. The van der Waals surface area contributed by atoms with Crippen molar-refractivity contribution in [3.8, 4) is 0 Å². The molecular weight excluding hydrogens is 382 g/mol. The van der Waals surface area contributed by atoms with Crippen molar-refractivity contribution in [1.29, 1.82) is 0 Å². The third-order valence-corrected chi connectivity index (χ3v) is 4.82. The van der Waals surface area contributed by atoms with Crippen molar-refractivity contribution in [1.82, 2.24) is 24.4 Å². The fourth-order valence-corrected chi connectivity index (χ4v) is 2.97. The molecule has 0 saturated heterocycles. The summed E-state index contributed by atoms with van der Waals surface area (Å²) in [6, 6.07) is 6.91. The fraction of sp³-hybridized carbons (Fsp3) is 0.316. The number of nitrogens with one attached hydrogen (secondary N) is 1. The van der Waals surface area contributed by atoms with Gasteiger partial charge in [-0.3, -0.25) is 18.7 Å². The molecule has 0 saturated carbocycles. The molecule has 0 fully saturated rings. The molecule has 28 heavy (non-hydrogen) atoms. The van der Waals surface area contributed by atoms with E-state index in [0.29, 0.717) is 10.6 Å². The highest BCUT2D eigenvalue weighted by atomic mass is 35.5. The lowest BCUT2D eigenvalue weighted by Crippen LogP contribution is -2.44. The van der Waals surface area contributed by atoms with E-state index >= 15 is 0 Å². The van der Waals surface area contributed by atoms with Crippen molar-refractivity contribution >= 4 is 28.7 Å². The van der Waals surface area contributed by atoms with Gasteiger partial charge < -0.3 is 5.32 Å². The summed E-state index contributed by atoms with van der Waals surface area (Å²) in [7, 11) is 0. The summed E-state index contributed by atoms with van der Waals surface area (Å²) in [4.78, 5) is 46.4. The minimum atomic E-state index is -0.641. The molecule has 0 unspecified atom stereocenters. The Bertz CT molecular complexity index is 1140. The van der Waals surface area contributed by atoms with Gasteiger partial charge in [0.1, 0.15) is 6.54 Å². The number of amides is 1. The van der Waals surface area contributed by atoms with Crippen LogP contribution in [0.25, 0.3) is 11.2 Å². The van der Waals surface area contributed by atoms with E-state index in [9.17, 15) is 14.4 Å². The molecule has 2 heterocycles. The highest BCUT2D eigenvalue weighted by Gasteiger charge is 2.18. The number of halogens is 1. The lowest BCUT2D eigenvalue weighted by molar-refractivity contribution is -0.122. The summed E-state index contributed by atoms with van der Waals surface area (Å²) in [5.74, 6) is -0.341. The van der Waals surface area contributed by atoms with Crippen LogP contribution in [0.15, 0.2) is 46.2 Å². The minimum absolute atomic E-state index is 0.0190. The smallest absolute Gasteiger partial charge is 0.333 e. The van der Waals surface area contributed by atoms with Crippen LogP contribution in [0.2, 0.25) is 5.02 Å². The number of hydrogen-bond donors (Lipinski definition) is 1. The Hall–Kier alpha value is -3.00. The fourth-order valence-electron chi connectivity index (χ4n) is 2.78. The van der Waals surface area contributed by atoms with Gasteiger partial charge in [-0.05, 0) is 25.0 Å². The zero-order valence-corrected chi connectivity index (χ0v) is 16.3. The highest BCUT2D eigenvalue weighted by molar-refractivity contribution is 6.31. The molecule has 8 nitrogen and oxygen atoms in total. The second kappa shape index (κ2) is 8.35. The van der Waals surface area contributed by atoms with Crippen molar-refractivity contribution < 1.29 is 4.79 Å². The van der Waals surface area contributed by atoms with Gasteiger partial charge in [-0.25, -0.2) is 14.8 Å². The first-order chi connectivity index (χ1) is 13.4. The summed E-state index contributed by atoms with van der Waals surface area (Å²) in [5, 5.41) is 3.25. The second-order valence-corrected chi connectivity index (χ2v) is 6.86. The van der Waals surface area contributed by atoms with Crippen LogP contribution in [0.1, 0.15) is 25.8 Å². The number of carbonyl (C=O) groups excluding carboxylic acids is 1. The Morgan fingerprint density at radius 3 is 2.61 bits per heavy atom. The normalized spacial score (nSPS) is 12.1. The molecule has 0 aliphatic heterocycles. The van der Waals surface area contributed by atoms with Crippen LogP contribution in [-0.4, -0.2) is 31.1 Å². The van der Waals surface area contributed by atoms with E-state index in [0.717, 1.165) is 15.6 Å². The molecule has 146 valence electrons. The number of hydrogen-bond acceptors (Lipinski definition) is 5. The van der Waals surface area contributed by atoms with Gasteiger partial charge in [-0.15, -0.1) is 0 Å². The molecule has 1 atom stereocenters. The van der Waals surface area contributed by atoms with Crippen molar-refractivity contribution in [3.63, 3.8) is 0 Å².